The summed E-state index contributed by atoms with van der Waals surface area (Å²) in [5.41, 5.74) is -0.141. The van der Waals surface area contributed by atoms with Crippen molar-refractivity contribution in [1.29, 1.82) is 0 Å². The lowest BCUT2D eigenvalue weighted by Gasteiger charge is -2.34. The van der Waals surface area contributed by atoms with Crippen LogP contribution < -0.4 is 5.32 Å². The number of hydrogen-bond acceptors (Lipinski definition) is 1. The first-order chi connectivity index (χ1) is 6.97. The van der Waals surface area contributed by atoms with Crippen molar-refractivity contribution in [2.24, 2.45) is 0 Å². The highest BCUT2D eigenvalue weighted by Crippen LogP contribution is 2.31. The Bertz CT molecular complexity index is 290. The number of hydrogen-bond donors (Lipinski definition) is 1. The van der Waals surface area contributed by atoms with Crippen LogP contribution in [-0.4, -0.2) is 28.6 Å². The third kappa shape index (κ3) is 2.16. The fraction of sp³-hybridized carbons (Fsp3) is 0.750. The van der Waals surface area contributed by atoms with Crippen molar-refractivity contribution in [2.75, 3.05) is 0 Å². The molecule has 0 aromatic rings. The molecule has 2 rings (SSSR count). The van der Waals surface area contributed by atoms with Gasteiger partial charge >= 0.3 is 6.03 Å². The van der Waals surface area contributed by atoms with Crippen LogP contribution in [0.15, 0.2) is 12.2 Å². The third-order valence-corrected chi connectivity index (χ3v) is 3.03. The zero-order chi connectivity index (χ0) is 11.1. The maximum absolute atomic E-state index is 12.1. The molecule has 1 N–H and O–H groups in total. The molecule has 2 aliphatic heterocycles. The van der Waals surface area contributed by atoms with E-state index in [0.717, 1.165) is 19.3 Å². The number of nitrogens with zero attached hydrogens (tertiary/aromatic N) is 1. The van der Waals surface area contributed by atoms with E-state index in [9.17, 15) is 4.79 Å². The summed E-state index contributed by atoms with van der Waals surface area (Å²) in [6.45, 7) is 6.06. The van der Waals surface area contributed by atoms with Gasteiger partial charge in [0.1, 0.15) is 0 Å². The lowest BCUT2D eigenvalue weighted by atomic mass is 10.1. The first-order valence-corrected chi connectivity index (χ1v) is 5.74. The van der Waals surface area contributed by atoms with E-state index in [2.05, 4.69) is 17.5 Å². The van der Waals surface area contributed by atoms with Crippen LogP contribution in [0.1, 0.15) is 40.0 Å². The molecule has 1 saturated heterocycles. The van der Waals surface area contributed by atoms with E-state index in [1.165, 1.54) is 0 Å². The van der Waals surface area contributed by atoms with Crippen LogP contribution >= 0.6 is 0 Å². The SMILES string of the molecule is CC(C)(C)NC(=O)N1[C@H]2CC=C[C@H]1CC2. The summed E-state index contributed by atoms with van der Waals surface area (Å²) in [6, 6.07) is 0.868. The quantitative estimate of drug-likeness (QED) is 0.609. The molecule has 0 unspecified atom stereocenters. The average molecular weight is 208 g/mol. The van der Waals surface area contributed by atoms with Crippen molar-refractivity contribution in [3.8, 4) is 0 Å². The number of urea groups is 1. The minimum Gasteiger partial charge on any atom is -0.333 e. The molecule has 15 heavy (non-hydrogen) atoms. The van der Waals surface area contributed by atoms with Crippen molar-refractivity contribution < 1.29 is 4.79 Å². The molecule has 0 aromatic carbocycles. The predicted molar refractivity (Wildman–Crippen MR) is 60.7 cm³/mol. The van der Waals surface area contributed by atoms with Gasteiger partial charge in [-0.25, -0.2) is 4.79 Å². The van der Waals surface area contributed by atoms with E-state index in [1.807, 2.05) is 25.7 Å². The molecule has 0 radical (unpaired) electrons. The smallest absolute Gasteiger partial charge is 0.318 e. The largest absolute Gasteiger partial charge is 0.333 e. The second-order valence-electron chi connectivity index (χ2n) is 5.55. The van der Waals surface area contributed by atoms with Crippen LogP contribution in [0.3, 0.4) is 0 Å². The second-order valence-corrected chi connectivity index (χ2v) is 5.55. The molecule has 3 heteroatoms. The summed E-state index contributed by atoms with van der Waals surface area (Å²) in [7, 11) is 0. The summed E-state index contributed by atoms with van der Waals surface area (Å²) >= 11 is 0. The summed E-state index contributed by atoms with van der Waals surface area (Å²) in [5.74, 6) is 0. The lowest BCUT2D eigenvalue weighted by molar-refractivity contribution is 0.170. The Balaban J connectivity index is 2.05. The minimum atomic E-state index is -0.141. The molecule has 0 aromatic heterocycles. The van der Waals surface area contributed by atoms with Crippen LogP contribution in [0.25, 0.3) is 0 Å². The van der Waals surface area contributed by atoms with Crippen molar-refractivity contribution >= 4 is 6.03 Å². The van der Waals surface area contributed by atoms with Crippen LogP contribution in [0.5, 0.6) is 0 Å². The molecule has 0 saturated carbocycles. The highest BCUT2D eigenvalue weighted by Gasteiger charge is 2.37. The first-order valence-electron chi connectivity index (χ1n) is 5.74. The molecule has 2 amide bonds. The van der Waals surface area contributed by atoms with Crippen molar-refractivity contribution in [3.63, 3.8) is 0 Å². The Kier molecular flexibility index (Phi) is 2.49. The number of carbonyl (C=O) groups excluding carboxylic acids is 1. The molecule has 2 bridgehead atoms. The zero-order valence-electron chi connectivity index (χ0n) is 9.79. The lowest BCUT2D eigenvalue weighted by Crippen LogP contribution is -2.52. The fourth-order valence-corrected chi connectivity index (χ4v) is 2.43. The number of amides is 2. The van der Waals surface area contributed by atoms with Gasteiger partial charge in [0.15, 0.2) is 0 Å². The Hall–Kier alpha value is -0.990. The summed E-state index contributed by atoms with van der Waals surface area (Å²) in [4.78, 5) is 14.1. The highest BCUT2D eigenvalue weighted by molar-refractivity contribution is 5.76. The fourth-order valence-electron chi connectivity index (χ4n) is 2.43. The van der Waals surface area contributed by atoms with Crippen molar-refractivity contribution in [1.82, 2.24) is 10.2 Å². The van der Waals surface area contributed by atoms with E-state index in [-0.39, 0.29) is 11.6 Å². The normalized spacial score (nSPS) is 29.4. The molecule has 84 valence electrons. The van der Waals surface area contributed by atoms with Gasteiger partial charge in [-0.3, -0.25) is 0 Å². The van der Waals surface area contributed by atoms with E-state index >= 15 is 0 Å². The predicted octanol–water partition coefficient (Wildman–Crippen LogP) is 2.29. The highest BCUT2D eigenvalue weighted by atomic mass is 16.2. The minimum absolute atomic E-state index is 0.0966. The van der Waals surface area contributed by atoms with Crippen LogP contribution in [-0.2, 0) is 0 Å². The molecule has 0 aliphatic carbocycles. The van der Waals surface area contributed by atoms with Gasteiger partial charge in [-0.15, -0.1) is 0 Å². The maximum atomic E-state index is 12.1. The van der Waals surface area contributed by atoms with E-state index in [1.54, 1.807) is 0 Å². The second kappa shape index (κ2) is 3.54. The van der Waals surface area contributed by atoms with Gasteiger partial charge in [-0.05, 0) is 40.0 Å². The molecule has 0 spiro atoms. The van der Waals surface area contributed by atoms with Crippen LogP contribution in [0.2, 0.25) is 0 Å². The molecule has 1 fully saturated rings. The first kappa shape index (κ1) is 10.5. The molecule has 2 aliphatic rings. The van der Waals surface area contributed by atoms with E-state index in [0.29, 0.717) is 12.1 Å². The average Bonchev–Trinajstić information content (AvgIpc) is 2.34. The van der Waals surface area contributed by atoms with Gasteiger partial charge < -0.3 is 10.2 Å². The Morgan fingerprint density at radius 2 is 2.13 bits per heavy atom. The van der Waals surface area contributed by atoms with Crippen molar-refractivity contribution in [2.45, 2.75) is 57.7 Å². The van der Waals surface area contributed by atoms with Gasteiger partial charge in [0, 0.05) is 11.6 Å². The molecular formula is C12H20N2O. The summed E-state index contributed by atoms with van der Waals surface area (Å²) in [5, 5.41) is 3.04. The van der Waals surface area contributed by atoms with E-state index < -0.39 is 0 Å². The molecule has 2 heterocycles. The Morgan fingerprint density at radius 1 is 1.40 bits per heavy atom. The number of fused-ring (bicyclic) bond motifs is 2. The molecule has 3 nitrogen and oxygen atoms in total. The van der Waals surface area contributed by atoms with Gasteiger partial charge in [-0.2, -0.15) is 0 Å². The van der Waals surface area contributed by atoms with Crippen LogP contribution in [0, 0.1) is 0 Å². The standard InChI is InChI=1S/C12H20N2O/c1-12(2,3)13-11(15)14-9-5-4-6-10(14)8-7-9/h4-5,9-10H,6-8H2,1-3H3,(H,13,15)/t9-,10-/m0/s1. The van der Waals surface area contributed by atoms with Gasteiger partial charge in [-0.1, -0.05) is 12.2 Å². The number of rotatable bonds is 0. The Labute approximate surface area is 91.5 Å². The monoisotopic (exact) mass is 208 g/mol. The van der Waals surface area contributed by atoms with Gasteiger partial charge in [0.25, 0.3) is 0 Å². The van der Waals surface area contributed by atoms with Gasteiger partial charge in [0.05, 0.1) is 6.04 Å². The van der Waals surface area contributed by atoms with E-state index in [4.69, 9.17) is 0 Å². The van der Waals surface area contributed by atoms with Crippen LogP contribution in [0.4, 0.5) is 4.79 Å². The molecular weight excluding hydrogens is 188 g/mol. The topological polar surface area (TPSA) is 32.3 Å². The number of carbonyl (C=O) groups is 1. The number of nitrogens with one attached hydrogen (secondary N) is 1. The zero-order valence-corrected chi connectivity index (χ0v) is 9.79. The molecule has 2 atom stereocenters. The van der Waals surface area contributed by atoms with Gasteiger partial charge in [0.2, 0.25) is 0 Å². The maximum Gasteiger partial charge on any atom is 0.318 e. The third-order valence-electron chi connectivity index (χ3n) is 3.03. The summed E-state index contributed by atoms with van der Waals surface area (Å²) in [6.07, 6.45) is 7.68. The van der Waals surface area contributed by atoms with Crippen molar-refractivity contribution in [3.05, 3.63) is 12.2 Å². The Morgan fingerprint density at radius 3 is 2.73 bits per heavy atom. The summed E-state index contributed by atoms with van der Waals surface area (Å²) < 4.78 is 0.